The van der Waals surface area contributed by atoms with Gasteiger partial charge in [-0.1, -0.05) is 153 Å². The van der Waals surface area contributed by atoms with Crippen molar-refractivity contribution >= 4 is 60.5 Å². The molecule has 0 saturated carbocycles. The van der Waals surface area contributed by atoms with Crippen LogP contribution in [0.2, 0.25) is 0 Å². The molecule has 0 bridgehead atoms. The third kappa shape index (κ3) is 4.95. The minimum absolute atomic E-state index is 0.120. The van der Waals surface area contributed by atoms with Gasteiger partial charge in [-0.05, 0) is 115 Å². The minimum atomic E-state index is -0.120. The summed E-state index contributed by atoms with van der Waals surface area (Å²) in [7, 11) is 0. The fourth-order valence-corrected chi connectivity index (χ4v) is 9.03. The van der Waals surface area contributed by atoms with Crippen molar-refractivity contribution in [1.29, 1.82) is 0 Å². The highest BCUT2D eigenvalue weighted by atomic mass is 16.3. The van der Waals surface area contributed by atoms with E-state index in [0.29, 0.717) is 0 Å². The van der Waals surface area contributed by atoms with Crippen molar-refractivity contribution in [3.05, 3.63) is 199 Å². The summed E-state index contributed by atoms with van der Waals surface area (Å²) in [5, 5.41) is 7.23. The van der Waals surface area contributed by atoms with Crippen molar-refractivity contribution in [1.82, 2.24) is 0 Å². The highest BCUT2D eigenvalue weighted by Crippen LogP contribution is 2.51. The van der Waals surface area contributed by atoms with Gasteiger partial charge in [0.25, 0.3) is 0 Å². The van der Waals surface area contributed by atoms with E-state index in [1.54, 1.807) is 0 Å². The summed E-state index contributed by atoms with van der Waals surface area (Å²) in [6.07, 6.45) is 0. The van der Waals surface area contributed by atoms with E-state index in [0.717, 1.165) is 39.0 Å². The van der Waals surface area contributed by atoms with Gasteiger partial charge in [0.15, 0.2) is 5.58 Å². The highest BCUT2D eigenvalue weighted by Gasteiger charge is 2.36. The molecule has 0 N–H and O–H groups in total. The lowest BCUT2D eigenvalue weighted by atomic mass is 9.82. The van der Waals surface area contributed by atoms with Crippen molar-refractivity contribution in [2.45, 2.75) is 19.3 Å². The Kier molecular flexibility index (Phi) is 6.93. The van der Waals surface area contributed by atoms with Gasteiger partial charge in [0.2, 0.25) is 0 Å². The molecular weight excluding hydrogens is 667 g/mol. The summed E-state index contributed by atoms with van der Waals surface area (Å²) in [6, 6.07) is 68.5. The minimum Gasteiger partial charge on any atom is -0.454 e. The van der Waals surface area contributed by atoms with Crippen LogP contribution in [0.25, 0.3) is 76.9 Å². The van der Waals surface area contributed by atoms with Gasteiger partial charge in [0.1, 0.15) is 5.58 Å². The number of anilines is 3. The summed E-state index contributed by atoms with van der Waals surface area (Å²) in [5.74, 6) is 0. The van der Waals surface area contributed by atoms with Crippen LogP contribution in [-0.4, -0.2) is 0 Å². The molecule has 2 nitrogen and oxygen atoms in total. The molecule has 0 atom stereocenters. The molecule has 0 saturated heterocycles. The smallest absolute Gasteiger partial charge is 0.159 e. The second-order valence-corrected chi connectivity index (χ2v) is 15.3. The standard InChI is InChI=1S/C53H37NO/c1-53(2)48-18-7-5-14-43(48)44-30-29-41(33-49(44)53)54(50-19-10-17-46-45-15-6-8-20-51(45)55-52(46)50)40-27-25-35(26-28-40)38-23-22-36-13-9-16-42(47(36)32-38)39-24-21-34-11-3-4-12-37(34)31-39/h3-33H,1-2H3. The molecule has 9 aromatic carbocycles. The molecule has 0 spiro atoms. The average molecular weight is 704 g/mol. The quantitative estimate of drug-likeness (QED) is 0.177. The van der Waals surface area contributed by atoms with Crippen LogP contribution in [0.3, 0.4) is 0 Å². The first-order valence-corrected chi connectivity index (χ1v) is 19.1. The van der Waals surface area contributed by atoms with E-state index in [-0.39, 0.29) is 5.41 Å². The predicted molar refractivity (Wildman–Crippen MR) is 232 cm³/mol. The zero-order valence-corrected chi connectivity index (χ0v) is 30.8. The maximum atomic E-state index is 6.66. The molecule has 1 aliphatic carbocycles. The Morgan fingerprint density at radius 2 is 1.05 bits per heavy atom. The van der Waals surface area contributed by atoms with Crippen LogP contribution >= 0.6 is 0 Å². The van der Waals surface area contributed by atoms with E-state index in [4.69, 9.17) is 4.42 Å². The van der Waals surface area contributed by atoms with Gasteiger partial charge < -0.3 is 9.32 Å². The van der Waals surface area contributed by atoms with Crippen LogP contribution in [0.15, 0.2) is 192 Å². The monoisotopic (exact) mass is 703 g/mol. The molecule has 10 aromatic rings. The molecule has 55 heavy (non-hydrogen) atoms. The first-order valence-electron chi connectivity index (χ1n) is 19.1. The van der Waals surface area contributed by atoms with Gasteiger partial charge in [0.05, 0.1) is 5.69 Å². The second-order valence-electron chi connectivity index (χ2n) is 15.3. The lowest BCUT2D eigenvalue weighted by Gasteiger charge is -2.28. The SMILES string of the molecule is CC1(C)c2ccccc2-c2ccc(N(c3ccc(-c4ccc5cccc(-c6ccc7ccccc7c6)c5c4)cc3)c3cccc4c3oc3ccccc34)cc21. The summed E-state index contributed by atoms with van der Waals surface area (Å²) < 4.78 is 6.66. The van der Waals surface area contributed by atoms with Gasteiger partial charge in [-0.2, -0.15) is 0 Å². The third-order valence-corrected chi connectivity index (χ3v) is 11.9. The van der Waals surface area contributed by atoms with E-state index in [9.17, 15) is 0 Å². The van der Waals surface area contributed by atoms with Crippen LogP contribution < -0.4 is 4.90 Å². The summed E-state index contributed by atoms with van der Waals surface area (Å²) in [6.45, 7) is 4.69. The van der Waals surface area contributed by atoms with E-state index >= 15 is 0 Å². The van der Waals surface area contributed by atoms with Crippen LogP contribution in [0.4, 0.5) is 17.1 Å². The largest absolute Gasteiger partial charge is 0.454 e. The van der Waals surface area contributed by atoms with Crippen molar-refractivity contribution < 1.29 is 4.42 Å². The summed E-state index contributed by atoms with van der Waals surface area (Å²) in [5.41, 5.74) is 15.0. The fraction of sp³-hybridized carbons (Fsp3) is 0.0566. The first kappa shape index (κ1) is 31.6. The maximum Gasteiger partial charge on any atom is 0.159 e. The molecule has 11 rings (SSSR count). The van der Waals surface area contributed by atoms with Crippen LogP contribution in [0.5, 0.6) is 0 Å². The average Bonchev–Trinajstić information content (AvgIpc) is 3.73. The number of hydrogen-bond acceptors (Lipinski definition) is 2. The summed E-state index contributed by atoms with van der Waals surface area (Å²) >= 11 is 0. The van der Waals surface area contributed by atoms with Crippen LogP contribution in [-0.2, 0) is 5.41 Å². The maximum absolute atomic E-state index is 6.66. The lowest BCUT2D eigenvalue weighted by molar-refractivity contribution is 0.660. The normalized spacial score (nSPS) is 13.1. The molecular formula is C53H37NO. The zero-order valence-electron chi connectivity index (χ0n) is 30.8. The highest BCUT2D eigenvalue weighted by molar-refractivity contribution is 6.10. The Balaban J connectivity index is 1.05. The van der Waals surface area contributed by atoms with Crippen LogP contribution in [0.1, 0.15) is 25.0 Å². The number of para-hydroxylation sites is 2. The van der Waals surface area contributed by atoms with Crippen LogP contribution in [0, 0.1) is 0 Å². The van der Waals surface area contributed by atoms with Gasteiger partial charge in [-0.25, -0.2) is 0 Å². The number of benzene rings is 9. The van der Waals surface area contributed by atoms with Crippen molar-refractivity contribution in [3.8, 4) is 33.4 Å². The molecule has 0 amide bonds. The molecule has 1 aliphatic rings. The van der Waals surface area contributed by atoms with Gasteiger partial charge in [-0.15, -0.1) is 0 Å². The topological polar surface area (TPSA) is 16.4 Å². The molecule has 0 unspecified atom stereocenters. The molecule has 0 fully saturated rings. The Bertz CT molecular complexity index is 3130. The van der Waals surface area contributed by atoms with E-state index in [1.165, 1.54) is 66.1 Å². The number of fused-ring (bicyclic) bond motifs is 8. The Morgan fingerprint density at radius 1 is 0.400 bits per heavy atom. The molecule has 1 heterocycles. The van der Waals surface area contributed by atoms with Crippen molar-refractivity contribution in [2.24, 2.45) is 0 Å². The number of nitrogens with zero attached hydrogens (tertiary/aromatic N) is 1. The Morgan fingerprint density at radius 3 is 1.96 bits per heavy atom. The fourth-order valence-electron chi connectivity index (χ4n) is 9.03. The van der Waals surface area contributed by atoms with Gasteiger partial charge >= 0.3 is 0 Å². The third-order valence-electron chi connectivity index (χ3n) is 11.9. The second kappa shape index (κ2) is 12.1. The predicted octanol–water partition coefficient (Wildman–Crippen LogP) is 15.0. The van der Waals surface area contributed by atoms with E-state index in [2.05, 4.69) is 201 Å². The zero-order chi connectivity index (χ0) is 36.7. The number of rotatable bonds is 5. The first-order chi connectivity index (χ1) is 27.0. The molecule has 260 valence electrons. The molecule has 2 heteroatoms. The lowest BCUT2D eigenvalue weighted by Crippen LogP contribution is -2.16. The van der Waals surface area contributed by atoms with Crippen molar-refractivity contribution in [2.75, 3.05) is 4.90 Å². The Labute approximate surface area is 320 Å². The number of hydrogen-bond donors (Lipinski definition) is 0. The summed E-state index contributed by atoms with van der Waals surface area (Å²) in [4.78, 5) is 2.37. The van der Waals surface area contributed by atoms with Gasteiger partial charge in [0, 0.05) is 27.6 Å². The molecule has 0 aliphatic heterocycles. The van der Waals surface area contributed by atoms with E-state index in [1.807, 2.05) is 6.07 Å². The van der Waals surface area contributed by atoms with E-state index < -0.39 is 0 Å². The molecule has 1 aromatic heterocycles. The molecule has 0 radical (unpaired) electrons. The van der Waals surface area contributed by atoms with Gasteiger partial charge in [-0.3, -0.25) is 0 Å². The number of furan rings is 1. The Hall–Kier alpha value is -6.90. The van der Waals surface area contributed by atoms with Crippen molar-refractivity contribution in [3.63, 3.8) is 0 Å².